The number of ether oxygens (including phenoxy) is 1. The molecule has 1 heterocycles. The van der Waals surface area contributed by atoms with Gasteiger partial charge in [0.1, 0.15) is 0 Å². The van der Waals surface area contributed by atoms with E-state index >= 15 is 0 Å². The van der Waals surface area contributed by atoms with Crippen LogP contribution in [0.15, 0.2) is 0 Å². The summed E-state index contributed by atoms with van der Waals surface area (Å²) in [5, 5.41) is 3.76. The molecular weight excluding hydrogens is 260 g/mol. The predicted molar refractivity (Wildman–Crippen MR) is 89.6 cm³/mol. The molecule has 1 saturated carbocycles. The number of morpholine rings is 1. The second-order valence-corrected chi connectivity index (χ2v) is 8.10. The van der Waals surface area contributed by atoms with Crippen molar-refractivity contribution in [1.29, 1.82) is 0 Å². The molecule has 0 bridgehead atoms. The monoisotopic (exact) mass is 296 g/mol. The number of hydrogen-bond acceptors (Lipinski definition) is 3. The average Bonchev–Trinajstić information content (AvgIpc) is 2.44. The van der Waals surface area contributed by atoms with E-state index in [9.17, 15) is 0 Å². The summed E-state index contributed by atoms with van der Waals surface area (Å²) in [5.41, 5.74) is 0.493. The maximum absolute atomic E-state index is 5.61. The fraction of sp³-hybridized carbons (Fsp3) is 1.00. The molecule has 0 aromatic heterocycles. The Morgan fingerprint density at radius 1 is 1.24 bits per heavy atom. The minimum absolute atomic E-state index is 0.493. The maximum Gasteiger partial charge on any atom is 0.0619 e. The SMILES string of the molecule is CC(C)CNCC1(CN2CCOCC2C)CCC(C)CC1. The van der Waals surface area contributed by atoms with Crippen molar-refractivity contribution >= 4 is 0 Å². The van der Waals surface area contributed by atoms with Gasteiger partial charge in [-0.25, -0.2) is 0 Å². The Morgan fingerprint density at radius 3 is 2.57 bits per heavy atom. The molecule has 1 saturated heterocycles. The van der Waals surface area contributed by atoms with Crippen LogP contribution in [-0.2, 0) is 4.74 Å². The smallest absolute Gasteiger partial charge is 0.0619 e. The van der Waals surface area contributed by atoms with E-state index in [0.717, 1.165) is 38.1 Å². The predicted octanol–water partition coefficient (Wildman–Crippen LogP) is 3.15. The summed E-state index contributed by atoms with van der Waals surface area (Å²) in [7, 11) is 0. The zero-order valence-corrected chi connectivity index (χ0v) is 14.7. The van der Waals surface area contributed by atoms with Crippen molar-refractivity contribution in [2.75, 3.05) is 39.4 Å². The quantitative estimate of drug-likeness (QED) is 0.815. The van der Waals surface area contributed by atoms with Crippen LogP contribution >= 0.6 is 0 Å². The molecule has 1 atom stereocenters. The molecule has 2 fully saturated rings. The summed E-state index contributed by atoms with van der Waals surface area (Å²) in [6.45, 7) is 15.9. The fourth-order valence-electron chi connectivity index (χ4n) is 3.82. The summed E-state index contributed by atoms with van der Waals surface area (Å²) < 4.78 is 5.61. The van der Waals surface area contributed by atoms with Gasteiger partial charge in [-0.3, -0.25) is 4.90 Å². The lowest BCUT2D eigenvalue weighted by molar-refractivity contribution is -0.0293. The second kappa shape index (κ2) is 7.94. The van der Waals surface area contributed by atoms with E-state index in [1.54, 1.807) is 0 Å². The van der Waals surface area contributed by atoms with Crippen LogP contribution in [0.4, 0.5) is 0 Å². The van der Waals surface area contributed by atoms with Gasteiger partial charge in [0.25, 0.3) is 0 Å². The van der Waals surface area contributed by atoms with Gasteiger partial charge in [0, 0.05) is 25.7 Å². The highest BCUT2D eigenvalue weighted by atomic mass is 16.5. The van der Waals surface area contributed by atoms with E-state index in [0.29, 0.717) is 11.5 Å². The van der Waals surface area contributed by atoms with Gasteiger partial charge in [-0.2, -0.15) is 0 Å². The first-order valence-electron chi connectivity index (χ1n) is 9.03. The first kappa shape index (κ1) is 17.2. The molecule has 124 valence electrons. The summed E-state index contributed by atoms with van der Waals surface area (Å²) >= 11 is 0. The van der Waals surface area contributed by atoms with Gasteiger partial charge in [-0.1, -0.05) is 33.6 Å². The molecule has 1 N–H and O–H groups in total. The molecule has 21 heavy (non-hydrogen) atoms. The molecule has 1 aliphatic carbocycles. The lowest BCUT2D eigenvalue weighted by Gasteiger charge is -2.45. The van der Waals surface area contributed by atoms with Crippen LogP contribution < -0.4 is 5.32 Å². The fourth-order valence-corrected chi connectivity index (χ4v) is 3.82. The highest BCUT2D eigenvalue weighted by Crippen LogP contribution is 2.39. The third kappa shape index (κ3) is 5.22. The Balaban J connectivity index is 1.94. The standard InChI is InChI=1S/C18H36N2O/c1-15(2)11-19-13-18(7-5-16(3)6-8-18)14-20-9-10-21-12-17(20)4/h15-17,19H,5-14H2,1-4H3. The maximum atomic E-state index is 5.61. The van der Waals surface area contributed by atoms with Crippen molar-refractivity contribution in [3.05, 3.63) is 0 Å². The van der Waals surface area contributed by atoms with Crippen molar-refractivity contribution in [2.24, 2.45) is 17.3 Å². The van der Waals surface area contributed by atoms with Gasteiger partial charge in [0.2, 0.25) is 0 Å². The number of nitrogens with one attached hydrogen (secondary N) is 1. The minimum atomic E-state index is 0.493. The zero-order valence-electron chi connectivity index (χ0n) is 14.7. The molecule has 0 spiro atoms. The highest BCUT2D eigenvalue weighted by molar-refractivity contribution is 4.91. The van der Waals surface area contributed by atoms with Crippen molar-refractivity contribution in [3.63, 3.8) is 0 Å². The van der Waals surface area contributed by atoms with E-state index in [4.69, 9.17) is 4.74 Å². The number of hydrogen-bond donors (Lipinski definition) is 1. The highest BCUT2D eigenvalue weighted by Gasteiger charge is 2.37. The molecule has 0 aromatic rings. The molecule has 2 aliphatic rings. The summed E-state index contributed by atoms with van der Waals surface area (Å²) in [6, 6.07) is 0.583. The summed E-state index contributed by atoms with van der Waals surface area (Å²) in [4.78, 5) is 2.68. The third-order valence-electron chi connectivity index (χ3n) is 5.43. The van der Waals surface area contributed by atoms with Gasteiger partial charge in [0.15, 0.2) is 0 Å². The van der Waals surface area contributed by atoms with Crippen LogP contribution in [0.1, 0.15) is 53.4 Å². The summed E-state index contributed by atoms with van der Waals surface area (Å²) in [6.07, 6.45) is 5.59. The molecule has 3 nitrogen and oxygen atoms in total. The normalized spacial score (nSPS) is 35.3. The van der Waals surface area contributed by atoms with E-state index in [1.807, 2.05) is 0 Å². The first-order valence-corrected chi connectivity index (χ1v) is 9.03. The van der Waals surface area contributed by atoms with Gasteiger partial charge in [-0.05, 0) is 43.6 Å². The Hall–Kier alpha value is -0.120. The van der Waals surface area contributed by atoms with Crippen molar-refractivity contribution in [1.82, 2.24) is 10.2 Å². The van der Waals surface area contributed by atoms with Gasteiger partial charge in [-0.15, -0.1) is 0 Å². The lowest BCUT2D eigenvalue weighted by Crippen LogP contribution is -2.52. The molecule has 0 amide bonds. The molecule has 1 aliphatic heterocycles. The van der Waals surface area contributed by atoms with E-state index in [-0.39, 0.29) is 0 Å². The Bertz CT molecular complexity index is 298. The van der Waals surface area contributed by atoms with Crippen LogP contribution in [0.3, 0.4) is 0 Å². The van der Waals surface area contributed by atoms with Crippen molar-refractivity contribution in [2.45, 2.75) is 59.4 Å². The van der Waals surface area contributed by atoms with Crippen molar-refractivity contribution < 1.29 is 4.74 Å². The van der Waals surface area contributed by atoms with E-state index in [1.165, 1.54) is 38.8 Å². The van der Waals surface area contributed by atoms with Crippen molar-refractivity contribution in [3.8, 4) is 0 Å². The average molecular weight is 296 g/mol. The van der Waals surface area contributed by atoms with Crippen LogP contribution in [0, 0.1) is 17.3 Å². The number of rotatable bonds is 6. The van der Waals surface area contributed by atoms with Crippen LogP contribution in [0.5, 0.6) is 0 Å². The van der Waals surface area contributed by atoms with Crippen LogP contribution in [0.25, 0.3) is 0 Å². The molecule has 2 rings (SSSR count). The molecule has 0 aromatic carbocycles. The molecular formula is C18H36N2O. The minimum Gasteiger partial charge on any atom is -0.379 e. The molecule has 3 heteroatoms. The zero-order chi connectivity index (χ0) is 15.3. The van der Waals surface area contributed by atoms with Crippen LogP contribution in [0.2, 0.25) is 0 Å². The van der Waals surface area contributed by atoms with Gasteiger partial charge >= 0.3 is 0 Å². The topological polar surface area (TPSA) is 24.5 Å². The van der Waals surface area contributed by atoms with E-state index < -0.39 is 0 Å². The molecule has 0 radical (unpaired) electrons. The van der Waals surface area contributed by atoms with Gasteiger partial charge < -0.3 is 10.1 Å². The Labute approximate surface area is 131 Å². The van der Waals surface area contributed by atoms with Gasteiger partial charge in [0.05, 0.1) is 13.2 Å². The second-order valence-electron chi connectivity index (χ2n) is 8.10. The summed E-state index contributed by atoms with van der Waals surface area (Å²) in [5.74, 6) is 1.66. The largest absolute Gasteiger partial charge is 0.379 e. The third-order valence-corrected chi connectivity index (χ3v) is 5.43. The first-order chi connectivity index (χ1) is 10.0. The van der Waals surface area contributed by atoms with Crippen LogP contribution in [-0.4, -0.2) is 50.3 Å². The number of nitrogens with zero attached hydrogens (tertiary/aromatic N) is 1. The Kier molecular flexibility index (Phi) is 6.51. The van der Waals surface area contributed by atoms with E-state index in [2.05, 4.69) is 37.9 Å². The lowest BCUT2D eigenvalue weighted by atomic mass is 9.70. The molecule has 1 unspecified atom stereocenters. The Morgan fingerprint density at radius 2 is 1.95 bits per heavy atom.